The Balaban J connectivity index is 1.94. The molecule has 1 fully saturated rings. The maximum atomic E-state index is 5.46. The normalized spacial score (nSPS) is 15.2. The summed E-state index contributed by atoms with van der Waals surface area (Å²) in [6.07, 6.45) is 0. The summed E-state index contributed by atoms with van der Waals surface area (Å²) >= 11 is 0. The van der Waals surface area contributed by atoms with E-state index in [0.29, 0.717) is 0 Å². The van der Waals surface area contributed by atoms with Crippen LogP contribution < -0.4 is 15.0 Å². The Morgan fingerprint density at radius 3 is 2.60 bits per heavy atom. The summed E-state index contributed by atoms with van der Waals surface area (Å²) in [5, 5.41) is 3.39. The minimum atomic E-state index is 0.921. The zero-order valence-corrected chi connectivity index (χ0v) is 11.8. The Morgan fingerprint density at radius 2 is 1.80 bits per heavy atom. The van der Waals surface area contributed by atoms with Crippen LogP contribution in [-0.4, -0.2) is 33.3 Å². The molecule has 1 aliphatic heterocycles. The van der Waals surface area contributed by atoms with Gasteiger partial charge in [-0.05, 0) is 23.8 Å². The highest BCUT2D eigenvalue weighted by Crippen LogP contribution is 2.31. The summed E-state index contributed by atoms with van der Waals surface area (Å²) in [5.74, 6) is 0.921. The summed E-state index contributed by atoms with van der Waals surface area (Å²) in [4.78, 5) is 2.43. The van der Waals surface area contributed by atoms with E-state index >= 15 is 0 Å². The van der Waals surface area contributed by atoms with Gasteiger partial charge in [-0.15, -0.1) is 0 Å². The van der Waals surface area contributed by atoms with Gasteiger partial charge in [0.25, 0.3) is 0 Å². The number of methoxy groups -OCH3 is 1. The summed E-state index contributed by atoms with van der Waals surface area (Å²) < 4.78 is 5.46. The second-order valence-corrected chi connectivity index (χ2v) is 4.99. The SMILES string of the molecule is COc1ccccc1-c1cccc(N2CCNCC2)c1. The largest absolute Gasteiger partial charge is 0.496 e. The van der Waals surface area contributed by atoms with Crippen LogP contribution >= 0.6 is 0 Å². The Labute approximate surface area is 120 Å². The third-order valence-corrected chi connectivity index (χ3v) is 3.75. The molecule has 2 aromatic rings. The van der Waals surface area contributed by atoms with E-state index in [9.17, 15) is 0 Å². The molecule has 0 aromatic heterocycles. The van der Waals surface area contributed by atoms with Crippen molar-refractivity contribution in [3.05, 3.63) is 48.5 Å². The highest BCUT2D eigenvalue weighted by Gasteiger charge is 2.12. The van der Waals surface area contributed by atoms with Gasteiger partial charge in [0.15, 0.2) is 0 Å². The van der Waals surface area contributed by atoms with Crippen molar-refractivity contribution in [2.45, 2.75) is 0 Å². The molecule has 3 heteroatoms. The Kier molecular flexibility index (Phi) is 3.88. The van der Waals surface area contributed by atoms with Crippen molar-refractivity contribution in [3.63, 3.8) is 0 Å². The first-order chi connectivity index (χ1) is 9.88. The van der Waals surface area contributed by atoms with E-state index in [-0.39, 0.29) is 0 Å². The van der Waals surface area contributed by atoms with Crippen LogP contribution in [-0.2, 0) is 0 Å². The third-order valence-electron chi connectivity index (χ3n) is 3.75. The molecule has 0 bridgehead atoms. The first-order valence-corrected chi connectivity index (χ1v) is 7.07. The van der Waals surface area contributed by atoms with Crippen LogP contribution in [0.1, 0.15) is 0 Å². The molecule has 0 saturated carbocycles. The van der Waals surface area contributed by atoms with Crippen molar-refractivity contribution >= 4 is 5.69 Å². The lowest BCUT2D eigenvalue weighted by atomic mass is 10.0. The van der Waals surface area contributed by atoms with Crippen LogP contribution in [0, 0.1) is 0 Å². The highest BCUT2D eigenvalue weighted by atomic mass is 16.5. The second-order valence-electron chi connectivity index (χ2n) is 4.99. The van der Waals surface area contributed by atoms with Gasteiger partial charge in [-0.1, -0.05) is 30.3 Å². The molecule has 1 saturated heterocycles. The number of benzene rings is 2. The molecule has 0 unspecified atom stereocenters. The number of nitrogens with one attached hydrogen (secondary N) is 1. The molecule has 2 aromatic carbocycles. The van der Waals surface area contributed by atoms with Crippen molar-refractivity contribution in [1.82, 2.24) is 5.32 Å². The molecule has 0 spiro atoms. The van der Waals surface area contributed by atoms with Crippen LogP contribution in [0.25, 0.3) is 11.1 Å². The molecule has 1 N–H and O–H groups in total. The van der Waals surface area contributed by atoms with Gasteiger partial charge in [-0.2, -0.15) is 0 Å². The van der Waals surface area contributed by atoms with Gasteiger partial charge in [-0.25, -0.2) is 0 Å². The van der Waals surface area contributed by atoms with Crippen molar-refractivity contribution in [1.29, 1.82) is 0 Å². The van der Waals surface area contributed by atoms with Crippen molar-refractivity contribution in [2.24, 2.45) is 0 Å². The quantitative estimate of drug-likeness (QED) is 0.926. The number of rotatable bonds is 3. The fraction of sp³-hybridized carbons (Fsp3) is 0.294. The molecule has 104 valence electrons. The number of piperazine rings is 1. The van der Waals surface area contributed by atoms with E-state index < -0.39 is 0 Å². The van der Waals surface area contributed by atoms with Gasteiger partial charge < -0.3 is 15.0 Å². The predicted octanol–water partition coefficient (Wildman–Crippen LogP) is 2.77. The Morgan fingerprint density at radius 1 is 1.00 bits per heavy atom. The molecule has 0 aliphatic carbocycles. The van der Waals surface area contributed by atoms with Crippen LogP contribution in [0.15, 0.2) is 48.5 Å². The maximum absolute atomic E-state index is 5.46. The fourth-order valence-electron chi connectivity index (χ4n) is 2.68. The second kappa shape index (κ2) is 5.97. The van der Waals surface area contributed by atoms with Gasteiger partial charge in [0.05, 0.1) is 7.11 Å². The fourth-order valence-corrected chi connectivity index (χ4v) is 2.68. The maximum Gasteiger partial charge on any atom is 0.126 e. The van der Waals surface area contributed by atoms with E-state index in [1.165, 1.54) is 11.3 Å². The number of ether oxygens (including phenoxy) is 1. The van der Waals surface area contributed by atoms with Crippen LogP contribution in [0.2, 0.25) is 0 Å². The van der Waals surface area contributed by atoms with Gasteiger partial charge in [-0.3, -0.25) is 0 Å². The third kappa shape index (κ3) is 2.63. The zero-order valence-electron chi connectivity index (χ0n) is 11.8. The topological polar surface area (TPSA) is 24.5 Å². The molecule has 1 heterocycles. The van der Waals surface area contributed by atoms with Gasteiger partial charge in [0.2, 0.25) is 0 Å². The Hall–Kier alpha value is -2.00. The highest BCUT2D eigenvalue weighted by molar-refractivity contribution is 5.73. The van der Waals surface area contributed by atoms with Gasteiger partial charge >= 0.3 is 0 Å². The Bertz CT molecular complexity index is 577. The number of anilines is 1. The monoisotopic (exact) mass is 268 g/mol. The smallest absolute Gasteiger partial charge is 0.126 e. The van der Waals surface area contributed by atoms with Gasteiger partial charge in [0, 0.05) is 37.4 Å². The molecular formula is C17H20N2O. The summed E-state index contributed by atoms with van der Waals surface area (Å²) in [7, 11) is 1.72. The lowest BCUT2D eigenvalue weighted by Crippen LogP contribution is -2.43. The molecular weight excluding hydrogens is 248 g/mol. The first kappa shape index (κ1) is 13.0. The van der Waals surface area contributed by atoms with Crippen LogP contribution in [0.5, 0.6) is 5.75 Å². The van der Waals surface area contributed by atoms with E-state index in [2.05, 4.69) is 46.6 Å². The van der Waals surface area contributed by atoms with Gasteiger partial charge in [0.1, 0.15) is 5.75 Å². The number of hydrogen-bond acceptors (Lipinski definition) is 3. The van der Waals surface area contributed by atoms with Crippen molar-refractivity contribution in [3.8, 4) is 16.9 Å². The van der Waals surface area contributed by atoms with Crippen LogP contribution in [0.4, 0.5) is 5.69 Å². The van der Waals surface area contributed by atoms with E-state index in [4.69, 9.17) is 4.74 Å². The zero-order chi connectivity index (χ0) is 13.8. The minimum absolute atomic E-state index is 0.921. The standard InChI is InChI=1S/C17H20N2O/c1-20-17-8-3-2-7-16(17)14-5-4-6-15(13-14)19-11-9-18-10-12-19/h2-8,13,18H,9-12H2,1H3. The molecule has 0 radical (unpaired) electrons. The molecule has 0 amide bonds. The first-order valence-electron chi connectivity index (χ1n) is 7.07. The summed E-state index contributed by atoms with van der Waals surface area (Å²) in [5.41, 5.74) is 3.64. The van der Waals surface area contributed by atoms with Crippen molar-refractivity contribution < 1.29 is 4.74 Å². The van der Waals surface area contributed by atoms with Crippen molar-refractivity contribution in [2.75, 3.05) is 38.2 Å². The number of nitrogens with zero attached hydrogens (tertiary/aromatic N) is 1. The average molecular weight is 268 g/mol. The number of hydrogen-bond donors (Lipinski definition) is 1. The number of para-hydroxylation sites is 1. The molecule has 1 aliphatic rings. The molecule has 3 nitrogen and oxygen atoms in total. The predicted molar refractivity (Wildman–Crippen MR) is 83.5 cm³/mol. The lowest BCUT2D eigenvalue weighted by Gasteiger charge is -2.29. The summed E-state index contributed by atoms with van der Waals surface area (Å²) in [6, 6.07) is 16.9. The van der Waals surface area contributed by atoms with E-state index in [1.807, 2.05) is 12.1 Å². The van der Waals surface area contributed by atoms with E-state index in [1.54, 1.807) is 7.11 Å². The lowest BCUT2D eigenvalue weighted by molar-refractivity contribution is 0.416. The molecule has 3 rings (SSSR count). The minimum Gasteiger partial charge on any atom is -0.496 e. The molecule has 20 heavy (non-hydrogen) atoms. The van der Waals surface area contributed by atoms with E-state index in [0.717, 1.165) is 37.5 Å². The summed E-state index contributed by atoms with van der Waals surface area (Å²) in [6.45, 7) is 4.24. The molecule has 0 atom stereocenters. The van der Waals surface area contributed by atoms with Crippen LogP contribution in [0.3, 0.4) is 0 Å². The average Bonchev–Trinajstić information content (AvgIpc) is 2.56.